The summed E-state index contributed by atoms with van der Waals surface area (Å²) in [4.78, 5) is 0. The van der Waals surface area contributed by atoms with Crippen molar-refractivity contribution in [2.24, 2.45) is 5.92 Å². The lowest BCUT2D eigenvalue weighted by molar-refractivity contribution is 0.377. The molecule has 34 heavy (non-hydrogen) atoms. The van der Waals surface area contributed by atoms with Gasteiger partial charge in [0, 0.05) is 0 Å². The number of nitrogens with zero attached hydrogens (tertiary/aromatic N) is 2. The van der Waals surface area contributed by atoms with Crippen molar-refractivity contribution >= 4 is 5.57 Å². The van der Waals surface area contributed by atoms with Gasteiger partial charge in [-0.1, -0.05) is 99.7 Å². The van der Waals surface area contributed by atoms with Gasteiger partial charge in [0.2, 0.25) is 0 Å². The predicted octanol–water partition coefficient (Wildman–Crippen LogP) is 8.84. The Morgan fingerprint density at radius 1 is 0.824 bits per heavy atom. The van der Waals surface area contributed by atoms with E-state index in [0.29, 0.717) is 11.5 Å². The maximum absolute atomic E-state index is 8.05. The minimum absolute atomic E-state index is 0.583. The minimum Gasteiger partial charge on any atom is -0.393 e. The summed E-state index contributed by atoms with van der Waals surface area (Å²) < 4.78 is 8.97. The molecule has 0 saturated carbocycles. The van der Waals surface area contributed by atoms with Crippen LogP contribution in [0.3, 0.4) is 0 Å². The zero-order valence-electron chi connectivity index (χ0n) is 21.5. The van der Waals surface area contributed by atoms with Crippen LogP contribution in [0.15, 0.2) is 103 Å². The molecule has 0 radical (unpaired) electrons. The lowest BCUT2D eigenvalue weighted by Crippen LogP contribution is -1.78. The van der Waals surface area contributed by atoms with Gasteiger partial charge in [-0.25, -0.2) is 0 Å². The second-order valence-corrected chi connectivity index (χ2v) is 7.34. The van der Waals surface area contributed by atoms with Crippen LogP contribution in [0.2, 0.25) is 0 Å². The molecule has 0 aromatic heterocycles. The maximum Gasteiger partial charge on any atom is 0.292 e. The summed E-state index contributed by atoms with van der Waals surface area (Å²) in [6.45, 7) is 14.2. The van der Waals surface area contributed by atoms with E-state index >= 15 is 0 Å². The normalized spacial score (nSPS) is 10.5. The molecule has 0 bridgehead atoms. The zero-order chi connectivity index (χ0) is 26.0. The molecule has 4 nitrogen and oxygen atoms in total. The van der Waals surface area contributed by atoms with Gasteiger partial charge in [-0.05, 0) is 63.0 Å². The van der Waals surface area contributed by atoms with Crippen molar-refractivity contribution in [3.05, 3.63) is 108 Å². The van der Waals surface area contributed by atoms with Gasteiger partial charge >= 0.3 is 0 Å². The third-order valence-corrected chi connectivity index (χ3v) is 3.40. The van der Waals surface area contributed by atoms with Crippen LogP contribution in [0.5, 0.6) is 5.75 Å². The first-order chi connectivity index (χ1) is 16.4. The molecule has 0 atom stereocenters. The quantitative estimate of drug-likeness (QED) is 0.255. The fourth-order valence-corrected chi connectivity index (χ4v) is 2.05. The average molecular weight is 459 g/mol. The summed E-state index contributed by atoms with van der Waals surface area (Å²) in [5, 5.41) is 16.0. The second kappa shape index (κ2) is 23.6. The van der Waals surface area contributed by atoms with E-state index in [1.54, 1.807) is 37.6 Å². The number of benzene rings is 2. The van der Waals surface area contributed by atoms with Crippen LogP contribution in [0.1, 0.15) is 54.0 Å². The molecule has 0 aliphatic rings. The lowest BCUT2D eigenvalue weighted by atomic mass is 10.1. The second-order valence-electron chi connectivity index (χ2n) is 7.34. The van der Waals surface area contributed by atoms with Crippen LogP contribution in [-0.2, 0) is 4.74 Å². The molecule has 0 amide bonds. The highest BCUT2D eigenvalue weighted by molar-refractivity contribution is 5.73. The Morgan fingerprint density at radius 2 is 1.35 bits per heavy atom. The van der Waals surface area contributed by atoms with E-state index in [1.165, 1.54) is 11.1 Å². The van der Waals surface area contributed by atoms with Crippen molar-refractivity contribution in [3.63, 3.8) is 0 Å². The van der Waals surface area contributed by atoms with E-state index in [9.17, 15) is 0 Å². The molecule has 0 spiro atoms. The Kier molecular flexibility index (Phi) is 22.4. The highest BCUT2D eigenvalue weighted by Crippen LogP contribution is 2.14. The molecule has 180 valence electrons. The summed E-state index contributed by atoms with van der Waals surface area (Å²) in [7, 11) is 0. The third kappa shape index (κ3) is 21.2. The zero-order valence-corrected chi connectivity index (χ0v) is 21.5. The fourth-order valence-electron chi connectivity index (χ4n) is 2.05. The molecule has 2 aromatic rings. The third-order valence-electron chi connectivity index (χ3n) is 3.40. The van der Waals surface area contributed by atoms with Gasteiger partial charge in [0.15, 0.2) is 0 Å². The Bertz CT molecular complexity index is 940. The average Bonchev–Trinajstić information content (AvgIpc) is 2.83. The fraction of sp³-hybridized carbons (Fsp3) is 0.267. The van der Waals surface area contributed by atoms with Crippen LogP contribution in [0.4, 0.5) is 0 Å². The van der Waals surface area contributed by atoms with E-state index in [2.05, 4.69) is 79.7 Å². The molecular weight excluding hydrogens is 420 g/mol. The molecule has 2 aromatic carbocycles. The van der Waals surface area contributed by atoms with Gasteiger partial charge in [0.1, 0.15) is 11.5 Å². The summed E-state index contributed by atoms with van der Waals surface area (Å²) in [5.74, 6) is 2.02. The molecule has 0 heterocycles. The first-order valence-corrected chi connectivity index (χ1v) is 11.2. The molecule has 0 fully saturated rings. The number of rotatable bonds is 5. The summed E-state index contributed by atoms with van der Waals surface area (Å²) in [6.07, 6.45) is 14.9. The first kappa shape index (κ1) is 32.2. The van der Waals surface area contributed by atoms with Gasteiger partial charge < -0.3 is 9.47 Å². The van der Waals surface area contributed by atoms with Crippen molar-refractivity contribution in [1.82, 2.24) is 0 Å². The van der Waals surface area contributed by atoms with Crippen LogP contribution in [0, 0.1) is 29.0 Å². The SMILES string of the molecule is C/C=C\C(=C/C)c1ccccc1.C/C=C\C=C(/C)OC#N.CC(C)C.N#COc1ccccc1. The van der Waals surface area contributed by atoms with Gasteiger partial charge in [-0.15, -0.1) is 10.5 Å². The van der Waals surface area contributed by atoms with Crippen molar-refractivity contribution in [3.8, 4) is 18.3 Å². The Labute approximate surface area is 206 Å². The van der Waals surface area contributed by atoms with Crippen molar-refractivity contribution < 1.29 is 9.47 Å². The van der Waals surface area contributed by atoms with Gasteiger partial charge in [-0.3, -0.25) is 0 Å². The number of para-hydroxylation sites is 1. The maximum atomic E-state index is 8.05. The standard InChI is InChI=1S/C12H14.C7H5NO.C7H9NO.C4H10/c1-3-8-11(4-2)12-9-6-5-7-10-12;8-6-9-7-4-2-1-3-5-7;1-3-4-5-7(2)9-6-8;1-4(2)3/h3-10H,1-2H3;1-5H;3-5H,1-2H3;4H,1-3H3/b8-3-,11-4+;;4-3-,7-5+;. The van der Waals surface area contributed by atoms with E-state index in [4.69, 9.17) is 10.5 Å². The number of nitriles is 2. The summed E-state index contributed by atoms with van der Waals surface area (Å²) >= 11 is 0. The molecule has 0 aliphatic heterocycles. The van der Waals surface area contributed by atoms with E-state index in [-0.39, 0.29) is 0 Å². The monoisotopic (exact) mass is 458 g/mol. The van der Waals surface area contributed by atoms with Crippen molar-refractivity contribution in [2.75, 3.05) is 0 Å². The Morgan fingerprint density at radius 3 is 1.76 bits per heavy atom. The van der Waals surface area contributed by atoms with Crippen LogP contribution >= 0.6 is 0 Å². The lowest BCUT2D eigenvalue weighted by Gasteiger charge is -1.99. The predicted molar refractivity (Wildman–Crippen MR) is 143 cm³/mol. The molecule has 0 unspecified atom stereocenters. The minimum atomic E-state index is 0.583. The first-order valence-electron chi connectivity index (χ1n) is 11.2. The van der Waals surface area contributed by atoms with Gasteiger partial charge in [0.25, 0.3) is 12.5 Å². The smallest absolute Gasteiger partial charge is 0.292 e. The highest BCUT2D eigenvalue weighted by Gasteiger charge is 1.92. The van der Waals surface area contributed by atoms with Crippen molar-refractivity contribution in [2.45, 2.75) is 48.5 Å². The topological polar surface area (TPSA) is 66.0 Å². The Balaban J connectivity index is 0. The van der Waals surface area contributed by atoms with E-state index in [1.807, 2.05) is 50.3 Å². The Hall–Kier alpha value is -4.02. The van der Waals surface area contributed by atoms with Gasteiger partial charge in [0.05, 0.1) is 0 Å². The van der Waals surface area contributed by atoms with E-state index < -0.39 is 0 Å². The molecule has 2 rings (SSSR count). The number of hydrogen-bond donors (Lipinski definition) is 0. The van der Waals surface area contributed by atoms with Gasteiger partial charge in [-0.2, -0.15) is 0 Å². The van der Waals surface area contributed by atoms with E-state index in [0.717, 1.165) is 5.92 Å². The highest BCUT2D eigenvalue weighted by atomic mass is 16.5. The molecule has 0 saturated heterocycles. The summed E-state index contributed by atoms with van der Waals surface area (Å²) in [5.41, 5.74) is 2.55. The van der Waals surface area contributed by atoms with Crippen LogP contribution in [0.25, 0.3) is 5.57 Å². The molecule has 4 heteroatoms. The number of allylic oxidation sites excluding steroid dienone is 8. The molecular formula is C30H38N2O2. The van der Waals surface area contributed by atoms with Crippen LogP contribution < -0.4 is 4.74 Å². The van der Waals surface area contributed by atoms with Crippen LogP contribution in [-0.4, -0.2) is 0 Å². The molecule has 0 N–H and O–H groups in total. The largest absolute Gasteiger partial charge is 0.393 e. The molecule has 0 aliphatic carbocycles. The summed E-state index contributed by atoms with van der Waals surface area (Å²) in [6, 6.07) is 19.3. The number of hydrogen-bond acceptors (Lipinski definition) is 4. The number of ether oxygens (including phenoxy) is 2. The van der Waals surface area contributed by atoms with Crippen molar-refractivity contribution in [1.29, 1.82) is 10.5 Å².